The van der Waals surface area contributed by atoms with Gasteiger partial charge in [0.05, 0.1) is 0 Å². The predicted molar refractivity (Wildman–Crippen MR) is 61.7 cm³/mol. The molecule has 1 fully saturated rings. The summed E-state index contributed by atoms with van der Waals surface area (Å²) in [6, 6.07) is 9.09. The van der Waals surface area contributed by atoms with Crippen LogP contribution in [-0.2, 0) is 6.42 Å². The van der Waals surface area contributed by atoms with Gasteiger partial charge in [-0.1, -0.05) is 43.3 Å². The summed E-state index contributed by atoms with van der Waals surface area (Å²) in [5, 5.41) is 0. The largest absolute Gasteiger partial charge is 0.0842 e. The van der Waals surface area contributed by atoms with Gasteiger partial charge in [-0.25, -0.2) is 0 Å². The van der Waals surface area contributed by atoms with Crippen LogP contribution >= 0.6 is 0 Å². The van der Waals surface area contributed by atoms with Gasteiger partial charge in [0.2, 0.25) is 0 Å². The molecule has 76 valence electrons. The van der Waals surface area contributed by atoms with Gasteiger partial charge in [0.1, 0.15) is 0 Å². The summed E-state index contributed by atoms with van der Waals surface area (Å²) in [6.45, 7) is 2.46. The number of hydrogen-bond donors (Lipinski definition) is 0. The van der Waals surface area contributed by atoms with Crippen molar-refractivity contribution in [1.29, 1.82) is 0 Å². The maximum Gasteiger partial charge on any atom is -0.00563 e. The summed E-state index contributed by atoms with van der Waals surface area (Å²) >= 11 is 0. The normalized spacial score (nSPS) is 44.5. The Kier molecular flexibility index (Phi) is 1.29. The first-order chi connectivity index (χ1) is 7.28. The highest BCUT2D eigenvalue weighted by molar-refractivity contribution is 5.43. The average molecular weight is 196 g/mol. The highest BCUT2D eigenvalue weighted by Gasteiger charge is 2.55. The third-order valence-corrected chi connectivity index (χ3v) is 5.00. The van der Waals surface area contributed by atoms with Crippen molar-refractivity contribution >= 4 is 0 Å². The van der Waals surface area contributed by atoms with Crippen molar-refractivity contribution in [3.63, 3.8) is 0 Å². The number of benzene rings is 1. The number of hydrogen-bond acceptors (Lipinski definition) is 0. The molecule has 0 spiro atoms. The Morgan fingerprint density at radius 3 is 3.07 bits per heavy atom. The summed E-state index contributed by atoms with van der Waals surface area (Å²) < 4.78 is 0. The molecule has 1 aromatic rings. The van der Waals surface area contributed by atoms with Crippen molar-refractivity contribution in [2.24, 2.45) is 17.3 Å². The predicted octanol–water partition coefficient (Wildman–Crippen LogP) is 3.54. The van der Waals surface area contributed by atoms with Gasteiger partial charge < -0.3 is 0 Å². The van der Waals surface area contributed by atoms with Crippen LogP contribution < -0.4 is 0 Å². The van der Waals surface area contributed by atoms with E-state index in [9.17, 15) is 0 Å². The van der Waals surface area contributed by atoms with Gasteiger partial charge in [-0.15, -0.1) is 0 Å². The molecule has 1 aromatic carbocycles. The molecule has 1 saturated carbocycles. The molecular weight excluding hydrogens is 180 g/mol. The molecule has 4 unspecified atom stereocenters. The first kappa shape index (κ1) is 8.15. The zero-order valence-electron chi connectivity index (χ0n) is 9.11. The maximum atomic E-state index is 2.49. The van der Waals surface area contributed by atoms with Gasteiger partial charge in [0.25, 0.3) is 0 Å². The number of fused-ring (bicyclic) bond motifs is 7. The fourth-order valence-electron chi connectivity index (χ4n) is 4.31. The first-order valence-electron chi connectivity index (χ1n) is 6.05. The van der Waals surface area contributed by atoms with Gasteiger partial charge in [-0.3, -0.25) is 0 Å². The Morgan fingerprint density at radius 2 is 2.13 bits per heavy atom. The lowest BCUT2D eigenvalue weighted by atomic mass is 9.75. The fourth-order valence-corrected chi connectivity index (χ4v) is 4.31. The van der Waals surface area contributed by atoms with E-state index in [2.05, 4.69) is 43.3 Å². The molecule has 0 aromatic heterocycles. The van der Waals surface area contributed by atoms with E-state index >= 15 is 0 Å². The molecule has 4 atom stereocenters. The molecule has 15 heavy (non-hydrogen) atoms. The Bertz CT molecular complexity index is 457. The molecule has 2 bridgehead atoms. The Hall–Kier alpha value is -1.04. The van der Waals surface area contributed by atoms with Crippen LogP contribution in [0.1, 0.15) is 30.4 Å². The zero-order chi connectivity index (χ0) is 10.0. The monoisotopic (exact) mass is 196 g/mol. The van der Waals surface area contributed by atoms with E-state index in [-0.39, 0.29) is 0 Å². The van der Waals surface area contributed by atoms with Gasteiger partial charge in [0.15, 0.2) is 0 Å². The van der Waals surface area contributed by atoms with E-state index in [4.69, 9.17) is 0 Å². The minimum absolute atomic E-state index is 0.508. The topological polar surface area (TPSA) is 0 Å². The van der Waals surface area contributed by atoms with Gasteiger partial charge in [0, 0.05) is 0 Å². The molecular formula is C15H16. The second-order valence-corrected chi connectivity index (χ2v) is 5.77. The lowest BCUT2D eigenvalue weighted by molar-refractivity contribution is 0.300. The zero-order valence-corrected chi connectivity index (χ0v) is 9.11. The van der Waals surface area contributed by atoms with Crippen molar-refractivity contribution in [2.75, 3.05) is 0 Å². The molecule has 0 aliphatic heterocycles. The van der Waals surface area contributed by atoms with Crippen molar-refractivity contribution in [1.82, 2.24) is 0 Å². The van der Waals surface area contributed by atoms with Crippen LogP contribution in [0.25, 0.3) is 0 Å². The minimum Gasteiger partial charge on any atom is -0.0842 e. The number of rotatable bonds is 0. The van der Waals surface area contributed by atoms with Crippen molar-refractivity contribution in [3.8, 4) is 0 Å². The fraction of sp³-hybridized carbons (Fsp3) is 0.467. The molecule has 4 rings (SSSR count). The van der Waals surface area contributed by atoms with Gasteiger partial charge >= 0.3 is 0 Å². The summed E-state index contributed by atoms with van der Waals surface area (Å²) in [6.07, 6.45) is 7.68. The highest BCUT2D eigenvalue weighted by Crippen LogP contribution is 2.64. The van der Waals surface area contributed by atoms with Crippen molar-refractivity contribution in [2.45, 2.75) is 25.7 Å². The Morgan fingerprint density at radius 1 is 1.27 bits per heavy atom. The molecule has 0 heteroatoms. The first-order valence-corrected chi connectivity index (χ1v) is 6.05. The average Bonchev–Trinajstić information content (AvgIpc) is 2.85. The highest BCUT2D eigenvalue weighted by atomic mass is 14.6. The van der Waals surface area contributed by atoms with E-state index in [1.54, 1.807) is 11.1 Å². The van der Waals surface area contributed by atoms with E-state index < -0.39 is 0 Å². The molecule has 0 saturated heterocycles. The number of allylic oxidation sites excluding steroid dienone is 2. The van der Waals surface area contributed by atoms with Crippen LogP contribution in [0.4, 0.5) is 0 Å². The van der Waals surface area contributed by atoms with Crippen LogP contribution in [0.3, 0.4) is 0 Å². The lowest BCUT2D eigenvalue weighted by Gasteiger charge is -2.28. The van der Waals surface area contributed by atoms with Crippen LogP contribution in [0.2, 0.25) is 0 Å². The van der Waals surface area contributed by atoms with Gasteiger partial charge in [-0.05, 0) is 47.1 Å². The van der Waals surface area contributed by atoms with Crippen molar-refractivity contribution in [3.05, 3.63) is 47.5 Å². The van der Waals surface area contributed by atoms with E-state index in [0.29, 0.717) is 5.41 Å². The maximum absolute atomic E-state index is 2.49. The summed E-state index contributed by atoms with van der Waals surface area (Å²) in [5.41, 5.74) is 3.78. The van der Waals surface area contributed by atoms with Crippen LogP contribution in [-0.4, -0.2) is 0 Å². The van der Waals surface area contributed by atoms with Gasteiger partial charge in [-0.2, -0.15) is 0 Å². The molecule has 0 radical (unpaired) electrons. The van der Waals surface area contributed by atoms with Crippen LogP contribution in [0.15, 0.2) is 36.4 Å². The minimum atomic E-state index is 0.508. The second kappa shape index (κ2) is 2.37. The molecule has 0 N–H and O–H groups in total. The summed E-state index contributed by atoms with van der Waals surface area (Å²) in [7, 11) is 0. The third-order valence-electron chi connectivity index (χ3n) is 5.00. The summed E-state index contributed by atoms with van der Waals surface area (Å²) in [5.74, 6) is 2.57. The molecule has 0 heterocycles. The molecule has 0 nitrogen and oxygen atoms in total. The van der Waals surface area contributed by atoms with Crippen molar-refractivity contribution < 1.29 is 0 Å². The second-order valence-electron chi connectivity index (χ2n) is 5.77. The van der Waals surface area contributed by atoms with Crippen LogP contribution in [0.5, 0.6) is 0 Å². The van der Waals surface area contributed by atoms with E-state index in [1.165, 1.54) is 12.8 Å². The lowest BCUT2D eigenvalue weighted by Crippen LogP contribution is -2.21. The van der Waals surface area contributed by atoms with Crippen LogP contribution in [0, 0.1) is 17.3 Å². The molecule has 0 amide bonds. The smallest absolute Gasteiger partial charge is 0.00563 e. The Balaban J connectivity index is 1.90. The standard InChI is InChI=1S/C15H16/c1-15-7-6-11(9-15)14-12-5-3-2-4-10(12)8-13(14)15/h2-7,11,13-14H,8-9H2,1H3. The quantitative estimate of drug-likeness (QED) is 0.557. The summed E-state index contributed by atoms with van der Waals surface area (Å²) in [4.78, 5) is 0. The Labute approximate surface area is 91.0 Å². The molecule has 3 aliphatic rings. The SMILES string of the molecule is CC12C=CC(C1)C1c3ccccc3CC12. The third kappa shape index (κ3) is 0.844. The van der Waals surface area contributed by atoms with E-state index in [0.717, 1.165) is 17.8 Å². The molecule has 3 aliphatic carbocycles. The van der Waals surface area contributed by atoms with E-state index in [1.807, 2.05) is 0 Å².